The molecule has 2 N–H and O–H groups in total. The molecule has 2 aliphatic rings. The number of rotatable bonds is 12. The van der Waals surface area contributed by atoms with E-state index in [0.29, 0.717) is 30.9 Å². The molecule has 0 aromatic carbocycles. The number of amides is 2. The van der Waals surface area contributed by atoms with Gasteiger partial charge in [-0.05, 0) is 30.9 Å². The van der Waals surface area contributed by atoms with E-state index in [0.717, 1.165) is 6.42 Å². The van der Waals surface area contributed by atoms with Gasteiger partial charge in [0.05, 0.1) is 5.57 Å². The lowest BCUT2D eigenvalue weighted by Gasteiger charge is -2.20. The van der Waals surface area contributed by atoms with Gasteiger partial charge < -0.3 is 29.7 Å². The SMILES string of the molecule is CC(C)CCNC(=O)C(CC(C)C)NC(=O)C1OC1C(=O)OCOC(=O)C1=CN(C)C=CC1. The van der Waals surface area contributed by atoms with Gasteiger partial charge in [-0.1, -0.05) is 33.8 Å². The van der Waals surface area contributed by atoms with Crippen molar-refractivity contribution in [3.8, 4) is 0 Å². The van der Waals surface area contributed by atoms with E-state index in [9.17, 15) is 19.2 Å². The summed E-state index contributed by atoms with van der Waals surface area (Å²) in [6.07, 6.45) is 4.84. The summed E-state index contributed by atoms with van der Waals surface area (Å²) in [5.41, 5.74) is 0.429. The summed E-state index contributed by atoms with van der Waals surface area (Å²) in [6.45, 7) is 7.98. The first-order valence-electron chi connectivity index (χ1n) is 11.2. The Bertz CT molecular complexity index is 791. The van der Waals surface area contributed by atoms with E-state index in [2.05, 4.69) is 24.5 Å². The number of hydrogen-bond donors (Lipinski definition) is 2. The Morgan fingerprint density at radius 3 is 2.48 bits per heavy atom. The molecule has 10 nitrogen and oxygen atoms in total. The highest BCUT2D eigenvalue weighted by Crippen LogP contribution is 2.24. The average molecular weight is 466 g/mol. The van der Waals surface area contributed by atoms with Crippen molar-refractivity contribution < 1.29 is 33.4 Å². The lowest BCUT2D eigenvalue weighted by Crippen LogP contribution is -2.49. The van der Waals surface area contributed by atoms with Crippen molar-refractivity contribution in [1.82, 2.24) is 15.5 Å². The molecule has 2 heterocycles. The molecule has 1 fully saturated rings. The van der Waals surface area contributed by atoms with Crippen LogP contribution in [0.2, 0.25) is 0 Å². The first-order valence-corrected chi connectivity index (χ1v) is 11.2. The van der Waals surface area contributed by atoms with Gasteiger partial charge in [-0.15, -0.1) is 0 Å². The average Bonchev–Trinajstić information content (AvgIpc) is 3.53. The molecule has 3 atom stereocenters. The summed E-state index contributed by atoms with van der Waals surface area (Å²) in [5.74, 6) is -1.59. The second-order valence-corrected chi connectivity index (χ2v) is 9.06. The van der Waals surface area contributed by atoms with Crippen LogP contribution in [-0.4, -0.2) is 67.3 Å². The Kier molecular flexibility index (Phi) is 9.90. The zero-order chi connectivity index (χ0) is 24.5. The molecule has 2 rings (SSSR count). The second-order valence-electron chi connectivity index (χ2n) is 9.06. The summed E-state index contributed by atoms with van der Waals surface area (Å²) >= 11 is 0. The third-order valence-corrected chi connectivity index (χ3v) is 5.03. The van der Waals surface area contributed by atoms with E-state index >= 15 is 0 Å². The Morgan fingerprint density at radius 1 is 1.12 bits per heavy atom. The fourth-order valence-electron chi connectivity index (χ4n) is 3.19. The molecule has 0 spiro atoms. The van der Waals surface area contributed by atoms with Gasteiger partial charge in [0, 0.05) is 26.2 Å². The molecule has 3 unspecified atom stereocenters. The van der Waals surface area contributed by atoms with Gasteiger partial charge in [-0.3, -0.25) is 9.59 Å². The maximum atomic E-state index is 12.5. The van der Waals surface area contributed by atoms with Gasteiger partial charge >= 0.3 is 11.9 Å². The van der Waals surface area contributed by atoms with E-state index in [1.807, 2.05) is 20.0 Å². The third-order valence-electron chi connectivity index (χ3n) is 5.03. The van der Waals surface area contributed by atoms with E-state index in [-0.39, 0.29) is 11.8 Å². The minimum absolute atomic E-state index is 0.177. The molecule has 10 heteroatoms. The monoisotopic (exact) mass is 465 g/mol. The summed E-state index contributed by atoms with van der Waals surface area (Å²) in [7, 11) is 1.78. The molecule has 0 aromatic rings. The molecule has 184 valence electrons. The van der Waals surface area contributed by atoms with E-state index in [4.69, 9.17) is 14.2 Å². The highest BCUT2D eigenvalue weighted by atomic mass is 16.7. The van der Waals surface area contributed by atoms with Gasteiger partial charge in [0.2, 0.25) is 12.7 Å². The van der Waals surface area contributed by atoms with Crippen LogP contribution in [0.1, 0.15) is 47.0 Å². The Hall–Kier alpha value is -2.88. The predicted octanol–water partition coefficient (Wildman–Crippen LogP) is 1.22. The number of carbonyl (C=O) groups excluding carboxylic acids is 4. The first-order chi connectivity index (χ1) is 15.6. The lowest BCUT2D eigenvalue weighted by molar-refractivity contribution is -0.165. The van der Waals surface area contributed by atoms with Crippen LogP contribution in [0.25, 0.3) is 0 Å². The molecule has 33 heavy (non-hydrogen) atoms. The predicted molar refractivity (Wildman–Crippen MR) is 119 cm³/mol. The standard InChI is InChI=1S/C23H35N3O7/c1-14(2)8-9-24-20(27)17(11-15(3)4)25-21(28)18-19(33-18)23(30)32-13-31-22(29)16-7-6-10-26(5)12-16/h6,10,12,14-15,17-19H,7-9,11,13H2,1-5H3,(H,24,27)(H,25,28). The van der Waals surface area contributed by atoms with E-state index < -0.39 is 42.9 Å². The smallest absolute Gasteiger partial charge is 0.341 e. The van der Waals surface area contributed by atoms with Crippen molar-refractivity contribution in [3.05, 3.63) is 24.0 Å². The molecular formula is C23H35N3O7. The summed E-state index contributed by atoms with van der Waals surface area (Å²) < 4.78 is 15.0. The fraction of sp³-hybridized carbons (Fsp3) is 0.652. The van der Waals surface area contributed by atoms with Crippen molar-refractivity contribution in [1.29, 1.82) is 0 Å². The molecule has 0 saturated carbocycles. The molecule has 2 aliphatic heterocycles. The molecule has 0 bridgehead atoms. The van der Waals surface area contributed by atoms with E-state index in [1.54, 1.807) is 24.2 Å². The van der Waals surface area contributed by atoms with Crippen molar-refractivity contribution in [2.45, 2.75) is 65.2 Å². The fourth-order valence-corrected chi connectivity index (χ4v) is 3.19. The zero-order valence-corrected chi connectivity index (χ0v) is 20.0. The Labute approximate surface area is 194 Å². The minimum Gasteiger partial charge on any atom is -0.426 e. The van der Waals surface area contributed by atoms with E-state index in [1.165, 1.54) is 0 Å². The van der Waals surface area contributed by atoms with Crippen molar-refractivity contribution in [2.75, 3.05) is 20.4 Å². The number of esters is 2. The van der Waals surface area contributed by atoms with Crippen molar-refractivity contribution in [3.63, 3.8) is 0 Å². The number of ether oxygens (including phenoxy) is 3. The van der Waals surface area contributed by atoms with Crippen molar-refractivity contribution in [2.24, 2.45) is 11.8 Å². The number of carbonyl (C=O) groups is 4. The van der Waals surface area contributed by atoms with Crippen LogP contribution >= 0.6 is 0 Å². The van der Waals surface area contributed by atoms with Crippen LogP contribution in [0.15, 0.2) is 24.0 Å². The minimum atomic E-state index is -1.09. The second kappa shape index (κ2) is 12.4. The number of allylic oxidation sites excluding steroid dienone is 1. The van der Waals surface area contributed by atoms with Crippen LogP contribution < -0.4 is 10.6 Å². The topological polar surface area (TPSA) is 127 Å². The van der Waals surface area contributed by atoms with Crippen LogP contribution in [0.5, 0.6) is 0 Å². The summed E-state index contributed by atoms with van der Waals surface area (Å²) in [6, 6.07) is -0.720. The van der Waals surface area contributed by atoms with Gasteiger partial charge in [0.15, 0.2) is 12.2 Å². The molecule has 2 amide bonds. The quantitative estimate of drug-likeness (QED) is 0.250. The molecule has 0 aliphatic carbocycles. The van der Waals surface area contributed by atoms with Gasteiger partial charge in [0.25, 0.3) is 5.91 Å². The van der Waals surface area contributed by atoms with Crippen LogP contribution in [0, 0.1) is 11.8 Å². The maximum absolute atomic E-state index is 12.5. The number of nitrogens with one attached hydrogen (secondary N) is 2. The molecule has 1 saturated heterocycles. The number of epoxide rings is 1. The number of nitrogens with zero attached hydrogens (tertiary/aromatic N) is 1. The van der Waals surface area contributed by atoms with Gasteiger partial charge in [-0.25, -0.2) is 9.59 Å². The van der Waals surface area contributed by atoms with Crippen molar-refractivity contribution >= 4 is 23.8 Å². The summed E-state index contributed by atoms with van der Waals surface area (Å²) in [5, 5.41) is 5.51. The molecular weight excluding hydrogens is 430 g/mol. The number of hydrogen-bond acceptors (Lipinski definition) is 8. The lowest BCUT2D eigenvalue weighted by atomic mass is 10.0. The molecule has 0 radical (unpaired) electrons. The highest BCUT2D eigenvalue weighted by Gasteiger charge is 2.52. The Balaban J connectivity index is 1.76. The zero-order valence-electron chi connectivity index (χ0n) is 20.0. The summed E-state index contributed by atoms with van der Waals surface area (Å²) in [4.78, 5) is 50.8. The molecule has 0 aromatic heterocycles. The van der Waals surface area contributed by atoms with Gasteiger partial charge in [0.1, 0.15) is 6.04 Å². The maximum Gasteiger partial charge on any atom is 0.341 e. The van der Waals surface area contributed by atoms with Gasteiger partial charge in [-0.2, -0.15) is 0 Å². The first kappa shape index (κ1) is 26.4. The van der Waals surface area contributed by atoms with Crippen LogP contribution in [0.3, 0.4) is 0 Å². The third kappa shape index (κ3) is 8.88. The highest BCUT2D eigenvalue weighted by molar-refractivity contribution is 5.95. The normalized spacial score (nSPS) is 20.2. The Morgan fingerprint density at radius 2 is 1.85 bits per heavy atom. The largest absolute Gasteiger partial charge is 0.426 e. The van der Waals surface area contributed by atoms with Crippen LogP contribution in [-0.2, 0) is 33.4 Å². The van der Waals surface area contributed by atoms with Crippen LogP contribution in [0.4, 0.5) is 0 Å².